The molecule has 3 aromatic rings. The molecule has 2 N–H and O–H groups in total. The Bertz CT molecular complexity index is 848. The number of rotatable bonds is 9. The minimum atomic E-state index is 0. The summed E-state index contributed by atoms with van der Waals surface area (Å²) < 4.78 is 2.08. The molecule has 29 heavy (non-hydrogen) atoms. The summed E-state index contributed by atoms with van der Waals surface area (Å²) in [6.45, 7) is 5.13. The van der Waals surface area contributed by atoms with Crippen molar-refractivity contribution in [3.8, 4) is 0 Å². The zero-order chi connectivity index (χ0) is 19.4. The van der Waals surface area contributed by atoms with Gasteiger partial charge in [-0.3, -0.25) is 0 Å². The third-order valence-electron chi connectivity index (χ3n) is 4.47. The maximum absolute atomic E-state index is 4.74. The molecule has 0 amide bonds. The number of aryl methyl sites for hydroxylation is 1. The van der Waals surface area contributed by atoms with E-state index in [-0.39, 0.29) is 24.0 Å². The first-order valence-electron chi connectivity index (χ1n) is 9.82. The van der Waals surface area contributed by atoms with Gasteiger partial charge >= 0.3 is 0 Å². The maximum Gasteiger partial charge on any atom is 0.191 e. The summed E-state index contributed by atoms with van der Waals surface area (Å²) in [7, 11) is 0. The number of guanidine groups is 1. The van der Waals surface area contributed by atoms with Gasteiger partial charge in [-0.1, -0.05) is 67.6 Å². The normalized spacial score (nSPS) is 11.0. The number of aliphatic imine (C=N–C) groups is 1. The summed E-state index contributed by atoms with van der Waals surface area (Å²) in [5, 5.41) is 15.0. The van der Waals surface area contributed by atoms with Crippen LogP contribution in [-0.4, -0.2) is 33.8 Å². The van der Waals surface area contributed by atoms with Crippen molar-refractivity contribution in [3.05, 3.63) is 83.9 Å². The molecule has 0 saturated heterocycles. The summed E-state index contributed by atoms with van der Waals surface area (Å²) in [4.78, 5) is 4.74. The summed E-state index contributed by atoms with van der Waals surface area (Å²) in [6, 6.07) is 20.8. The highest BCUT2D eigenvalue weighted by atomic mass is 127. The predicted molar refractivity (Wildman–Crippen MR) is 129 cm³/mol. The number of hydrogen-bond donors (Lipinski definition) is 2. The molecular weight excluding hydrogens is 475 g/mol. The van der Waals surface area contributed by atoms with Crippen molar-refractivity contribution >= 4 is 29.9 Å². The van der Waals surface area contributed by atoms with Crippen LogP contribution in [0.2, 0.25) is 0 Å². The van der Waals surface area contributed by atoms with Crippen molar-refractivity contribution in [2.45, 2.75) is 32.9 Å². The molecule has 3 rings (SSSR count). The second-order valence-electron chi connectivity index (χ2n) is 6.53. The number of hydrogen-bond acceptors (Lipinski definition) is 3. The molecule has 0 aliphatic rings. The fraction of sp³-hybridized carbons (Fsp3) is 0.318. The largest absolute Gasteiger partial charge is 0.356 e. The van der Waals surface area contributed by atoms with Crippen molar-refractivity contribution in [2.75, 3.05) is 13.1 Å². The highest BCUT2D eigenvalue weighted by Crippen LogP contribution is 2.01. The Morgan fingerprint density at radius 2 is 1.59 bits per heavy atom. The van der Waals surface area contributed by atoms with Crippen molar-refractivity contribution in [2.24, 2.45) is 4.99 Å². The molecule has 0 spiro atoms. The van der Waals surface area contributed by atoms with Crippen molar-refractivity contribution in [3.63, 3.8) is 0 Å². The topological polar surface area (TPSA) is 67.1 Å². The van der Waals surface area contributed by atoms with Crippen LogP contribution in [0.25, 0.3) is 0 Å². The van der Waals surface area contributed by atoms with Crippen LogP contribution < -0.4 is 10.6 Å². The molecule has 7 heteroatoms. The number of halogens is 1. The van der Waals surface area contributed by atoms with Gasteiger partial charge in [-0.05, 0) is 17.5 Å². The highest BCUT2D eigenvalue weighted by Gasteiger charge is 2.03. The molecule has 0 saturated carbocycles. The van der Waals surface area contributed by atoms with Gasteiger partial charge in [0.15, 0.2) is 5.96 Å². The minimum Gasteiger partial charge on any atom is -0.356 e. The van der Waals surface area contributed by atoms with Gasteiger partial charge in [0.25, 0.3) is 0 Å². The lowest BCUT2D eigenvalue weighted by atomic mass is 10.1. The smallest absolute Gasteiger partial charge is 0.191 e. The van der Waals surface area contributed by atoms with E-state index in [1.54, 1.807) is 6.33 Å². The van der Waals surface area contributed by atoms with E-state index in [2.05, 4.69) is 68.7 Å². The van der Waals surface area contributed by atoms with Crippen LogP contribution in [0.4, 0.5) is 0 Å². The predicted octanol–water partition coefficient (Wildman–Crippen LogP) is 3.44. The monoisotopic (exact) mass is 504 g/mol. The lowest BCUT2D eigenvalue weighted by Crippen LogP contribution is -2.40. The van der Waals surface area contributed by atoms with Gasteiger partial charge in [-0.2, -0.15) is 0 Å². The van der Waals surface area contributed by atoms with Crippen molar-refractivity contribution < 1.29 is 0 Å². The van der Waals surface area contributed by atoms with Crippen LogP contribution >= 0.6 is 24.0 Å². The minimum absolute atomic E-state index is 0. The van der Waals surface area contributed by atoms with E-state index in [9.17, 15) is 0 Å². The van der Waals surface area contributed by atoms with Gasteiger partial charge < -0.3 is 15.2 Å². The summed E-state index contributed by atoms with van der Waals surface area (Å²) in [6.07, 6.45) is 3.62. The number of aromatic nitrogens is 3. The van der Waals surface area contributed by atoms with E-state index in [1.165, 1.54) is 11.1 Å². The van der Waals surface area contributed by atoms with Crippen LogP contribution in [-0.2, 0) is 25.9 Å². The Kier molecular flexibility index (Phi) is 10.2. The SMILES string of the molecule is CCc1nncn1CCNC(=NCc1ccccc1)NCCc1ccccc1.I. The van der Waals surface area contributed by atoms with E-state index in [4.69, 9.17) is 4.99 Å². The van der Waals surface area contributed by atoms with Crippen LogP contribution in [0.3, 0.4) is 0 Å². The number of benzene rings is 2. The molecule has 0 aliphatic carbocycles. The molecule has 1 heterocycles. The van der Waals surface area contributed by atoms with E-state index in [1.807, 2.05) is 24.3 Å². The molecular formula is C22H29IN6. The molecule has 2 aromatic carbocycles. The van der Waals surface area contributed by atoms with Crippen LogP contribution in [0.1, 0.15) is 23.9 Å². The Hall–Kier alpha value is -2.42. The van der Waals surface area contributed by atoms with Crippen LogP contribution in [0, 0.1) is 0 Å². The van der Waals surface area contributed by atoms with E-state index in [0.29, 0.717) is 6.54 Å². The third kappa shape index (κ3) is 7.84. The van der Waals surface area contributed by atoms with E-state index in [0.717, 1.165) is 44.3 Å². The third-order valence-corrected chi connectivity index (χ3v) is 4.47. The van der Waals surface area contributed by atoms with Crippen LogP contribution in [0.15, 0.2) is 72.0 Å². The molecule has 0 radical (unpaired) electrons. The van der Waals surface area contributed by atoms with Crippen molar-refractivity contribution in [1.82, 2.24) is 25.4 Å². The van der Waals surface area contributed by atoms with Crippen molar-refractivity contribution in [1.29, 1.82) is 0 Å². The lowest BCUT2D eigenvalue weighted by Gasteiger charge is -2.13. The molecule has 1 aromatic heterocycles. The fourth-order valence-corrected chi connectivity index (χ4v) is 2.93. The van der Waals surface area contributed by atoms with Gasteiger partial charge in [0.1, 0.15) is 12.2 Å². The Morgan fingerprint density at radius 3 is 2.28 bits per heavy atom. The first-order chi connectivity index (χ1) is 13.8. The quantitative estimate of drug-likeness (QED) is 0.266. The highest BCUT2D eigenvalue weighted by molar-refractivity contribution is 14.0. The molecule has 0 fully saturated rings. The van der Waals surface area contributed by atoms with Gasteiger partial charge in [-0.25, -0.2) is 4.99 Å². The Labute approximate surface area is 189 Å². The summed E-state index contributed by atoms with van der Waals surface area (Å²) in [5.41, 5.74) is 2.51. The molecule has 0 aliphatic heterocycles. The lowest BCUT2D eigenvalue weighted by molar-refractivity contribution is 0.631. The van der Waals surface area contributed by atoms with Gasteiger partial charge in [0, 0.05) is 26.1 Å². The molecule has 0 bridgehead atoms. The standard InChI is InChI=1S/C22H28N6.HI/c1-2-21-27-26-18-28(21)16-15-24-22(25-17-20-11-7-4-8-12-20)23-14-13-19-9-5-3-6-10-19;/h3-12,18H,2,13-17H2,1H3,(H2,23,24,25);1H. The van der Waals surface area contributed by atoms with E-state index < -0.39 is 0 Å². The summed E-state index contributed by atoms with van der Waals surface area (Å²) in [5.74, 6) is 1.83. The average molecular weight is 504 g/mol. The second-order valence-corrected chi connectivity index (χ2v) is 6.53. The number of nitrogens with zero attached hydrogens (tertiary/aromatic N) is 4. The Balaban J connectivity index is 0.00000300. The zero-order valence-electron chi connectivity index (χ0n) is 16.8. The van der Waals surface area contributed by atoms with E-state index >= 15 is 0 Å². The molecule has 6 nitrogen and oxygen atoms in total. The molecule has 0 unspecified atom stereocenters. The Morgan fingerprint density at radius 1 is 0.931 bits per heavy atom. The summed E-state index contributed by atoms with van der Waals surface area (Å²) >= 11 is 0. The van der Waals surface area contributed by atoms with Gasteiger partial charge in [-0.15, -0.1) is 34.2 Å². The molecule has 154 valence electrons. The fourth-order valence-electron chi connectivity index (χ4n) is 2.93. The second kappa shape index (κ2) is 12.9. The average Bonchev–Trinajstić information content (AvgIpc) is 3.20. The maximum atomic E-state index is 4.74. The van der Waals surface area contributed by atoms with Gasteiger partial charge in [0.05, 0.1) is 6.54 Å². The van der Waals surface area contributed by atoms with Gasteiger partial charge in [0.2, 0.25) is 0 Å². The first-order valence-corrected chi connectivity index (χ1v) is 9.82. The first kappa shape index (κ1) is 22.9. The molecule has 0 atom stereocenters. The van der Waals surface area contributed by atoms with Crippen LogP contribution in [0.5, 0.6) is 0 Å². The number of nitrogens with one attached hydrogen (secondary N) is 2. The zero-order valence-corrected chi connectivity index (χ0v) is 19.1.